The lowest BCUT2D eigenvalue weighted by molar-refractivity contribution is -0.119. The summed E-state index contributed by atoms with van der Waals surface area (Å²) in [5.74, 6) is -2.34. The number of nitriles is 1. The van der Waals surface area contributed by atoms with Crippen LogP contribution in [0.5, 0.6) is 0 Å². The van der Waals surface area contributed by atoms with Crippen LogP contribution >= 0.6 is 11.3 Å². The summed E-state index contributed by atoms with van der Waals surface area (Å²) in [6.45, 7) is 3.14. The number of aryl methyl sites for hydroxylation is 3. The SMILES string of the molecule is Cc1ccc(C)c(N2C(=O)c3ccc(C(=O)OCC(=O)Nc4sc5c(c4C#N)CCC5)cc3C2=O)c1. The summed E-state index contributed by atoms with van der Waals surface area (Å²) < 4.78 is 5.14. The summed E-state index contributed by atoms with van der Waals surface area (Å²) in [4.78, 5) is 53.3. The Hall–Kier alpha value is -4.29. The number of rotatable bonds is 5. The number of benzene rings is 2. The van der Waals surface area contributed by atoms with Crippen molar-refractivity contribution in [3.8, 4) is 6.07 Å². The van der Waals surface area contributed by atoms with Crippen molar-refractivity contribution < 1.29 is 23.9 Å². The van der Waals surface area contributed by atoms with Crippen molar-refractivity contribution in [3.63, 3.8) is 0 Å². The van der Waals surface area contributed by atoms with Crippen LogP contribution in [-0.4, -0.2) is 30.3 Å². The Kier molecular flexibility index (Phi) is 5.90. The van der Waals surface area contributed by atoms with E-state index in [2.05, 4.69) is 11.4 Å². The van der Waals surface area contributed by atoms with Crippen LogP contribution in [-0.2, 0) is 22.4 Å². The minimum Gasteiger partial charge on any atom is -0.452 e. The summed E-state index contributed by atoms with van der Waals surface area (Å²) in [5.41, 5.74) is 4.00. The van der Waals surface area contributed by atoms with Crippen molar-refractivity contribution in [2.75, 3.05) is 16.8 Å². The van der Waals surface area contributed by atoms with Gasteiger partial charge in [-0.15, -0.1) is 11.3 Å². The first kappa shape index (κ1) is 23.5. The quantitative estimate of drug-likeness (QED) is 0.413. The van der Waals surface area contributed by atoms with Crippen molar-refractivity contribution in [1.29, 1.82) is 5.26 Å². The lowest BCUT2D eigenvalue weighted by Gasteiger charge is -2.17. The molecule has 8 nitrogen and oxygen atoms in total. The number of carbonyl (C=O) groups is 4. The van der Waals surface area contributed by atoms with Gasteiger partial charge in [0.05, 0.1) is 27.9 Å². The van der Waals surface area contributed by atoms with Crippen LogP contribution in [0.25, 0.3) is 0 Å². The van der Waals surface area contributed by atoms with Crippen LogP contribution in [0, 0.1) is 25.2 Å². The van der Waals surface area contributed by atoms with Gasteiger partial charge >= 0.3 is 5.97 Å². The Labute approximate surface area is 211 Å². The van der Waals surface area contributed by atoms with Gasteiger partial charge < -0.3 is 10.1 Å². The number of nitrogens with one attached hydrogen (secondary N) is 1. The van der Waals surface area contributed by atoms with E-state index < -0.39 is 30.3 Å². The van der Waals surface area contributed by atoms with Gasteiger partial charge in [-0.1, -0.05) is 12.1 Å². The van der Waals surface area contributed by atoms with Gasteiger partial charge in [0.1, 0.15) is 11.1 Å². The molecule has 0 spiro atoms. The Balaban J connectivity index is 1.28. The highest BCUT2D eigenvalue weighted by Crippen LogP contribution is 2.38. The fourth-order valence-electron chi connectivity index (χ4n) is 4.53. The normalized spacial score (nSPS) is 13.9. The number of hydrogen-bond donors (Lipinski definition) is 1. The van der Waals surface area contributed by atoms with Crippen molar-refractivity contribution >= 4 is 45.7 Å². The number of hydrogen-bond acceptors (Lipinski definition) is 7. The Bertz CT molecular complexity index is 1510. The van der Waals surface area contributed by atoms with Crippen LogP contribution in [0.2, 0.25) is 0 Å². The summed E-state index contributed by atoms with van der Waals surface area (Å²) >= 11 is 1.38. The molecule has 36 heavy (non-hydrogen) atoms. The predicted molar refractivity (Wildman–Crippen MR) is 133 cm³/mol. The zero-order chi connectivity index (χ0) is 25.6. The van der Waals surface area contributed by atoms with E-state index in [-0.39, 0.29) is 16.7 Å². The third-order valence-corrected chi connectivity index (χ3v) is 7.56. The Morgan fingerprint density at radius 3 is 2.64 bits per heavy atom. The van der Waals surface area contributed by atoms with Gasteiger partial charge in [-0.3, -0.25) is 14.4 Å². The zero-order valence-electron chi connectivity index (χ0n) is 19.6. The average molecular weight is 500 g/mol. The van der Waals surface area contributed by atoms with E-state index in [0.29, 0.717) is 16.3 Å². The highest BCUT2D eigenvalue weighted by molar-refractivity contribution is 7.16. The third kappa shape index (κ3) is 3.95. The van der Waals surface area contributed by atoms with Crippen molar-refractivity contribution in [2.45, 2.75) is 33.1 Å². The largest absolute Gasteiger partial charge is 0.452 e. The van der Waals surface area contributed by atoms with Crippen molar-refractivity contribution in [1.82, 2.24) is 0 Å². The van der Waals surface area contributed by atoms with E-state index in [1.807, 2.05) is 26.0 Å². The van der Waals surface area contributed by atoms with Crippen LogP contribution in [0.3, 0.4) is 0 Å². The molecular weight excluding hydrogens is 478 g/mol. The Morgan fingerprint density at radius 1 is 1.08 bits per heavy atom. The number of nitrogens with zero attached hydrogens (tertiary/aromatic N) is 2. The van der Waals surface area contributed by atoms with Gasteiger partial charge in [0.15, 0.2) is 6.61 Å². The van der Waals surface area contributed by atoms with Crippen LogP contribution < -0.4 is 10.2 Å². The maximum absolute atomic E-state index is 13.1. The number of ether oxygens (including phenoxy) is 1. The number of esters is 1. The molecule has 0 unspecified atom stereocenters. The third-order valence-electron chi connectivity index (χ3n) is 6.35. The highest BCUT2D eigenvalue weighted by Gasteiger charge is 2.38. The minimum atomic E-state index is -0.799. The molecule has 0 saturated heterocycles. The van der Waals surface area contributed by atoms with E-state index in [1.54, 1.807) is 6.07 Å². The number of imide groups is 1. The molecule has 3 aromatic rings. The molecule has 0 saturated carbocycles. The van der Waals surface area contributed by atoms with Crippen molar-refractivity contribution in [3.05, 3.63) is 80.2 Å². The second-order valence-corrected chi connectivity index (χ2v) is 9.90. The van der Waals surface area contributed by atoms with Gasteiger partial charge in [0, 0.05) is 4.88 Å². The molecule has 1 aromatic heterocycles. The van der Waals surface area contributed by atoms with E-state index in [9.17, 15) is 24.4 Å². The predicted octanol–water partition coefficient (Wildman–Crippen LogP) is 4.32. The average Bonchev–Trinajstić information content (AvgIpc) is 3.51. The van der Waals surface area contributed by atoms with E-state index in [0.717, 1.165) is 45.7 Å². The monoisotopic (exact) mass is 499 g/mol. The molecule has 5 rings (SSSR count). The van der Waals surface area contributed by atoms with Gasteiger partial charge in [-0.25, -0.2) is 9.69 Å². The van der Waals surface area contributed by atoms with Gasteiger partial charge in [0.2, 0.25) is 0 Å². The fourth-order valence-corrected chi connectivity index (χ4v) is 5.79. The number of amides is 3. The molecule has 1 aliphatic heterocycles. The maximum Gasteiger partial charge on any atom is 0.338 e. The molecular formula is C27H21N3O5S. The van der Waals surface area contributed by atoms with Crippen LogP contribution in [0.1, 0.15) is 64.6 Å². The number of fused-ring (bicyclic) bond motifs is 2. The van der Waals surface area contributed by atoms with E-state index >= 15 is 0 Å². The standard InChI is InChI=1S/C27H21N3O5S/c1-14-6-7-15(2)21(10-14)30-25(32)18-9-8-16(11-19(18)26(30)33)27(34)35-13-23(31)29-24-20(12-28)17-4-3-5-22(17)36-24/h6-11H,3-5,13H2,1-2H3,(H,29,31). The number of anilines is 2. The highest BCUT2D eigenvalue weighted by atomic mass is 32.1. The molecule has 1 aliphatic carbocycles. The first-order valence-corrected chi connectivity index (χ1v) is 12.2. The maximum atomic E-state index is 13.1. The molecule has 0 atom stereocenters. The first-order chi connectivity index (χ1) is 17.3. The molecule has 180 valence electrons. The number of thiophene rings is 1. The molecule has 2 heterocycles. The van der Waals surface area contributed by atoms with E-state index in [4.69, 9.17) is 4.74 Å². The molecule has 2 aromatic carbocycles. The van der Waals surface area contributed by atoms with Crippen LogP contribution in [0.15, 0.2) is 36.4 Å². The summed E-state index contributed by atoms with van der Waals surface area (Å²) in [5, 5.41) is 12.6. The second kappa shape index (κ2) is 9.06. The lowest BCUT2D eigenvalue weighted by Crippen LogP contribution is -2.30. The molecule has 9 heteroatoms. The smallest absolute Gasteiger partial charge is 0.338 e. The Morgan fingerprint density at radius 2 is 1.86 bits per heavy atom. The molecule has 0 bridgehead atoms. The number of carbonyl (C=O) groups excluding carboxylic acids is 4. The van der Waals surface area contributed by atoms with Crippen molar-refractivity contribution in [2.24, 2.45) is 0 Å². The summed E-state index contributed by atoms with van der Waals surface area (Å²) in [6, 6.07) is 11.8. The first-order valence-electron chi connectivity index (χ1n) is 11.4. The lowest BCUT2D eigenvalue weighted by atomic mass is 10.1. The van der Waals surface area contributed by atoms with Crippen LogP contribution in [0.4, 0.5) is 10.7 Å². The summed E-state index contributed by atoms with van der Waals surface area (Å²) in [6.07, 6.45) is 2.71. The molecule has 0 fully saturated rings. The fraction of sp³-hybridized carbons (Fsp3) is 0.222. The van der Waals surface area contributed by atoms with Gasteiger partial charge in [-0.05, 0) is 74.1 Å². The molecule has 0 radical (unpaired) electrons. The zero-order valence-corrected chi connectivity index (χ0v) is 20.5. The van der Waals surface area contributed by atoms with Gasteiger partial charge in [0.25, 0.3) is 17.7 Å². The van der Waals surface area contributed by atoms with E-state index in [1.165, 1.54) is 29.5 Å². The topological polar surface area (TPSA) is 117 Å². The second-order valence-electron chi connectivity index (χ2n) is 8.79. The van der Waals surface area contributed by atoms with Gasteiger partial charge in [-0.2, -0.15) is 5.26 Å². The summed E-state index contributed by atoms with van der Waals surface area (Å²) in [7, 11) is 0. The molecule has 2 aliphatic rings. The molecule has 1 N–H and O–H groups in total. The molecule has 3 amide bonds. The minimum absolute atomic E-state index is 0.0540.